The van der Waals surface area contributed by atoms with E-state index in [0.717, 1.165) is 35.1 Å². The Labute approximate surface area is 146 Å². The Balaban J connectivity index is 2.00. The van der Waals surface area contributed by atoms with Crippen molar-refractivity contribution in [3.8, 4) is 0 Å². The fourth-order valence-corrected chi connectivity index (χ4v) is 4.09. The maximum atomic E-state index is 13.1. The number of fused-ring (bicyclic) bond motifs is 3. The van der Waals surface area contributed by atoms with Crippen molar-refractivity contribution in [2.75, 3.05) is 12.8 Å². The maximum absolute atomic E-state index is 13.1. The first kappa shape index (κ1) is 16.1. The Morgan fingerprint density at radius 3 is 2.60 bits per heavy atom. The van der Waals surface area contributed by atoms with Gasteiger partial charge in [-0.2, -0.15) is 0 Å². The van der Waals surface area contributed by atoms with Crippen LogP contribution < -0.4 is 5.32 Å². The molecule has 0 fully saturated rings. The highest BCUT2D eigenvalue weighted by atomic mass is 32.2. The molecule has 25 heavy (non-hydrogen) atoms. The number of nitrogens with one attached hydrogen (secondary N) is 1. The van der Waals surface area contributed by atoms with Crippen LogP contribution in [0.4, 0.5) is 0 Å². The summed E-state index contributed by atoms with van der Waals surface area (Å²) in [5.74, 6) is -0.0825. The van der Waals surface area contributed by atoms with Crippen molar-refractivity contribution in [2.24, 2.45) is 0 Å². The lowest BCUT2D eigenvalue weighted by molar-refractivity contribution is 0.0961. The van der Waals surface area contributed by atoms with Gasteiger partial charge in [-0.15, -0.1) is 0 Å². The molecular formula is C19H18N2O3S. The summed E-state index contributed by atoms with van der Waals surface area (Å²) < 4.78 is 25.6. The van der Waals surface area contributed by atoms with Gasteiger partial charge in [-0.3, -0.25) is 9.36 Å². The number of hydrogen-bond acceptors (Lipinski definition) is 4. The molecule has 1 aromatic heterocycles. The van der Waals surface area contributed by atoms with Gasteiger partial charge >= 0.3 is 0 Å². The van der Waals surface area contributed by atoms with Gasteiger partial charge in [-0.25, -0.2) is 8.42 Å². The second kappa shape index (κ2) is 5.82. The first-order chi connectivity index (χ1) is 12.0. The highest BCUT2D eigenvalue weighted by molar-refractivity contribution is 7.90. The zero-order valence-corrected chi connectivity index (χ0v) is 14.6. The quantitative estimate of drug-likeness (QED) is 0.767. The molecule has 0 saturated carbocycles. The van der Waals surface area contributed by atoms with Crippen LogP contribution in [0.1, 0.15) is 21.6 Å². The highest BCUT2D eigenvalue weighted by Gasteiger charge is 2.25. The molecule has 0 saturated heterocycles. The molecule has 2 heterocycles. The van der Waals surface area contributed by atoms with E-state index in [1.165, 1.54) is 6.26 Å². The van der Waals surface area contributed by atoms with Crippen LogP contribution in [0, 0.1) is 0 Å². The Hall–Kier alpha value is -2.44. The molecule has 1 N–H and O–H groups in total. The van der Waals surface area contributed by atoms with Crippen LogP contribution in [0.3, 0.4) is 0 Å². The van der Waals surface area contributed by atoms with E-state index in [0.29, 0.717) is 12.1 Å². The Morgan fingerprint density at radius 2 is 1.88 bits per heavy atom. The summed E-state index contributed by atoms with van der Waals surface area (Å²) in [6.07, 6.45) is 1.93. The minimum atomic E-state index is -3.30. The van der Waals surface area contributed by atoms with Gasteiger partial charge in [0.1, 0.15) is 0 Å². The number of sulfone groups is 1. The number of nitrogens with zero attached hydrogens (tertiary/aromatic N) is 1. The average Bonchev–Trinajstić information content (AvgIpc) is 2.95. The van der Waals surface area contributed by atoms with Crippen molar-refractivity contribution >= 4 is 26.6 Å². The topological polar surface area (TPSA) is 68.2 Å². The summed E-state index contributed by atoms with van der Waals surface area (Å²) in [5.41, 5.74) is 3.35. The Bertz CT molecular complexity index is 1080. The predicted octanol–water partition coefficient (Wildman–Crippen LogP) is 2.38. The molecule has 3 aromatic rings. The summed E-state index contributed by atoms with van der Waals surface area (Å²) >= 11 is 0. The standard InChI is InChI=1S/C19H18N2O3S/c1-25(23,24)14-7-8-17-15(11-14)16-12-20-10-9-18(16)21(17)19(22)13-5-3-2-4-6-13/h2-8,11,20H,9-10,12H2,1H3. The Kier molecular flexibility index (Phi) is 3.74. The molecule has 0 unspecified atom stereocenters. The van der Waals surface area contributed by atoms with E-state index >= 15 is 0 Å². The normalized spacial score (nSPS) is 14.4. The van der Waals surface area contributed by atoms with E-state index in [-0.39, 0.29) is 10.8 Å². The molecular weight excluding hydrogens is 336 g/mol. The van der Waals surface area contributed by atoms with E-state index in [4.69, 9.17) is 0 Å². The minimum Gasteiger partial charge on any atom is -0.312 e. The molecule has 0 amide bonds. The Morgan fingerprint density at radius 1 is 1.12 bits per heavy atom. The SMILES string of the molecule is CS(=O)(=O)c1ccc2c(c1)c1c(n2C(=O)c2ccccc2)CCNC1. The van der Waals surface area contributed by atoms with Crippen LogP contribution in [0.2, 0.25) is 0 Å². The summed E-state index contributed by atoms with van der Waals surface area (Å²) in [4.78, 5) is 13.4. The van der Waals surface area contributed by atoms with Crippen LogP contribution >= 0.6 is 0 Å². The largest absolute Gasteiger partial charge is 0.312 e. The van der Waals surface area contributed by atoms with Gasteiger partial charge < -0.3 is 5.32 Å². The third kappa shape index (κ3) is 2.67. The summed E-state index contributed by atoms with van der Waals surface area (Å²) in [7, 11) is -3.30. The van der Waals surface area contributed by atoms with Crippen molar-refractivity contribution < 1.29 is 13.2 Å². The van der Waals surface area contributed by atoms with Crippen molar-refractivity contribution in [1.82, 2.24) is 9.88 Å². The van der Waals surface area contributed by atoms with Crippen LogP contribution in [0.5, 0.6) is 0 Å². The van der Waals surface area contributed by atoms with E-state index in [9.17, 15) is 13.2 Å². The van der Waals surface area contributed by atoms with Crippen LogP contribution in [-0.4, -0.2) is 31.7 Å². The molecule has 2 aromatic carbocycles. The first-order valence-electron chi connectivity index (χ1n) is 8.13. The van der Waals surface area contributed by atoms with Gasteiger partial charge in [-0.05, 0) is 35.9 Å². The molecule has 6 heteroatoms. The smallest absolute Gasteiger partial charge is 0.262 e. The number of aromatic nitrogens is 1. The molecule has 0 bridgehead atoms. The molecule has 128 valence electrons. The zero-order valence-electron chi connectivity index (χ0n) is 13.8. The summed E-state index contributed by atoms with van der Waals surface area (Å²) in [6, 6.07) is 14.2. The number of carbonyl (C=O) groups is 1. The number of carbonyl (C=O) groups excluding carboxylic acids is 1. The average molecular weight is 354 g/mol. The van der Waals surface area contributed by atoms with Crippen LogP contribution in [0.15, 0.2) is 53.4 Å². The fraction of sp³-hybridized carbons (Fsp3) is 0.211. The third-order valence-electron chi connectivity index (χ3n) is 4.64. The lowest BCUT2D eigenvalue weighted by Crippen LogP contribution is -2.26. The van der Waals surface area contributed by atoms with Gasteiger partial charge in [0.25, 0.3) is 5.91 Å². The minimum absolute atomic E-state index is 0.0825. The predicted molar refractivity (Wildman–Crippen MR) is 96.6 cm³/mol. The number of hydrogen-bond donors (Lipinski definition) is 1. The van der Waals surface area contributed by atoms with Gasteiger partial charge in [0.2, 0.25) is 0 Å². The van der Waals surface area contributed by atoms with Gasteiger partial charge in [0, 0.05) is 42.4 Å². The third-order valence-corrected chi connectivity index (χ3v) is 5.75. The van der Waals surface area contributed by atoms with E-state index in [2.05, 4.69) is 5.32 Å². The van der Waals surface area contributed by atoms with Gasteiger partial charge in [0.05, 0.1) is 10.4 Å². The van der Waals surface area contributed by atoms with Crippen LogP contribution in [-0.2, 0) is 22.8 Å². The first-order valence-corrected chi connectivity index (χ1v) is 10.0. The second-order valence-electron chi connectivity index (χ2n) is 6.31. The van der Waals surface area contributed by atoms with Crippen molar-refractivity contribution in [1.29, 1.82) is 0 Å². The van der Waals surface area contributed by atoms with Crippen molar-refractivity contribution in [2.45, 2.75) is 17.9 Å². The molecule has 0 spiro atoms. The maximum Gasteiger partial charge on any atom is 0.262 e. The van der Waals surface area contributed by atoms with Crippen molar-refractivity contribution in [3.63, 3.8) is 0 Å². The van der Waals surface area contributed by atoms with Crippen LogP contribution in [0.25, 0.3) is 10.9 Å². The number of benzene rings is 2. The lowest BCUT2D eigenvalue weighted by Gasteiger charge is -2.16. The van der Waals surface area contributed by atoms with E-state index < -0.39 is 9.84 Å². The molecule has 1 aliphatic rings. The highest BCUT2D eigenvalue weighted by Crippen LogP contribution is 2.31. The molecule has 0 atom stereocenters. The summed E-state index contributed by atoms with van der Waals surface area (Å²) in [5, 5.41) is 4.14. The van der Waals surface area contributed by atoms with E-state index in [1.807, 2.05) is 18.2 Å². The van der Waals surface area contributed by atoms with Gasteiger partial charge in [-0.1, -0.05) is 18.2 Å². The van der Waals surface area contributed by atoms with Crippen molar-refractivity contribution in [3.05, 3.63) is 65.4 Å². The fourth-order valence-electron chi connectivity index (χ4n) is 3.44. The zero-order chi connectivity index (χ0) is 17.6. The molecule has 5 nitrogen and oxygen atoms in total. The van der Waals surface area contributed by atoms with E-state index in [1.54, 1.807) is 34.9 Å². The second-order valence-corrected chi connectivity index (χ2v) is 8.33. The molecule has 0 aliphatic carbocycles. The summed E-state index contributed by atoms with van der Waals surface area (Å²) in [6.45, 7) is 1.43. The lowest BCUT2D eigenvalue weighted by atomic mass is 10.1. The van der Waals surface area contributed by atoms with Gasteiger partial charge in [0.15, 0.2) is 9.84 Å². The monoisotopic (exact) mass is 354 g/mol. The number of rotatable bonds is 2. The molecule has 4 rings (SSSR count). The molecule has 1 aliphatic heterocycles. The molecule has 0 radical (unpaired) electrons.